The Morgan fingerprint density at radius 3 is 2.63 bits per heavy atom. The number of amides is 1. The molecule has 1 amide bonds. The van der Waals surface area contributed by atoms with Crippen LogP contribution in [0, 0.1) is 0 Å². The van der Waals surface area contributed by atoms with Gasteiger partial charge in [-0.1, -0.05) is 12.1 Å². The number of hydrogen-bond donors (Lipinski definition) is 1. The maximum Gasteiger partial charge on any atom is 0.338 e. The van der Waals surface area contributed by atoms with E-state index >= 15 is 0 Å². The summed E-state index contributed by atoms with van der Waals surface area (Å²) in [6, 6.07) is 14.0. The van der Waals surface area contributed by atoms with Gasteiger partial charge in [0.25, 0.3) is 5.91 Å². The Morgan fingerprint density at radius 1 is 1.13 bits per heavy atom. The molecule has 0 fully saturated rings. The number of rotatable bonds is 6. The number of ether oxygens (including phenoxy) is 3. The highest BCUT2D eigenvalue weighted by molar-refractivity contribution is 5.97. The molecule has 1 atom stereocenters. The summed E-state index contributed by atoms with van der Waals surface area (Å²) >= 11 is 0. The van der Waals surface area contributed by atoms with Crippen LogP contribution in [-0.4, -0.2) is 41.0 Å². The first-order chi connectivity index (χ1) is 14.6. The van der Waals surface area contributed by atoms with Gasteiger partial charge in [0.05, 0.1) is 12.1 Å². The first-order valence-electron chi connectivity index (χ1n) is 9.56. The van der Waals surface area contributed by atoms with Gasteiger partial charge in [-0.05, 0) is 42.8 Å². The zero-order chi connectivity index (χ0) is 20.9. The van der Waals surface area contributed by atoms with Gasteiger partial charge in [-0.2, -0.15) is 5.10 Å². The first-order valence-corrected chi connectivity index (χ1v) is 9.56. The third kappa shape index (κ3) is 4.60. The molecule has 2 heterocycles. The van der Waals surface area contributed by atoms with Crippen molar-refractivity contribution in [3.05, 3.63) is 72.1 Å². The molecule has 3 aromatic rings. The van der Waals surface area contributed by atoms with Crippen molar-refractivity contribution in [3.63, 3.8) is 0 Å². The van der Waals surface area contributed by atoms with Gasteiger partial charge < -0.3 is 19.5 Å². The van der Waals surface area contributed by atoms with Crippen LogP contribution in [0.15, 0.2) is 60.9 Å². The lowest BCUT2D eigenvalue weighted by Crippen LogP contribution is -2.30. The fraction of sp³-hybridized carbons (Fsp3) is 0.227. The SMILES string of the molecule is CC(OC(=O)c1ccc(Cn2cccn2)cc1)C(=O)Nc1ccc2c(c1)OCCO2. The number of carbonyl (C=O) groups excluding carboxylic acids is 2. The van der Waals surface area contributed by atoms with E-state index in [4.69, 9.17) is 14.2 Å². The van der Waals surface area contributed by atoms with E-state index in [1.54, 1.807) is 41.2 Å². The minimum Gasteiger partial charge on any atom is -0.486 e. The van der Waals surface area contributed by atoms with Crippen LogP contribution in [0.5, 0.6) is 11.5 Å². The predicted octanol–water partition coefficient (Wildman–Crippen LogP) is 2.89. The van der Waals surface area contributed by atoms with E-state index < -0.39 is 18.0 Å². The normalized spacial score (nSPS) is 13.4. The van der Waals surface area contributed by atoms with Crippen molar-refractivity contribution in [3.8, 4) is 11.5 Å². The summed E-state index contributed by atoms with van der Waals surface area (Å²) in [6.07, 6.45) is 2.61. The van der Waals surface area contributed by atoms with Gasteiger partial charge in [-0.15, -0.1) is 0 Å². The Balaban J connectivity index is 1.33. The van der Waals surface area contributed by atoms with Crippen LogP contribution < -0.4 is 14.8 Å². The van der Waals surface area contributed by atoms with Gasteiger partial charge in [-0.3, -0.25) is 9.48 Å². The standard InChI is InChI=1S/C22H21N3O5/c1-15(21(26)24-18-7-8-19-20(13-18)29-12-11-28-19)30-22(27)17-5-3-16(4-6-17)14-25-10-2-9-23-25/h2-10,13,15H,11-12,14H2,1H3,(H,24,26). The molecule has 8 heteroatoms. The molecule has 1 aliphatic heterocycles. The van der Waals surface area contributed by atoms with Gasteiger partial charge in [0.1, 0.15) is 13.2 Å². The van der Waals surface area contributed by atoms with Gasteiger partial charge in [0.2, 0.25) is 0 Å². The van der Waals surface area contributed by atoms with Crippen molar-refractivity contribution in [2.24, 2.45) is 0 Å². The molecular formula is C22H21N3O5. The van der Waals surface area contributed by atoms with Crippen LogP contribution in [0.25, 0.3) is 0 Å². The van der Waals surface area contributed by atoms with Crippen LogP contribution in [0.3, 0.4) is 0 Å². The van der Waals surface area contributed by atoms with Crippen LogP contribution >= 0.6 is 0 Å². The highest BCUT2D eigenvalue weighted by Crippen LogP contribution is 2.32. The minimum absolute atomic E-state index is 0.373. The minimum atomic E-state index is -0.963. The molecule has 30 heavy (non-hydrogen) atoms. The Labute approximate surface area is 173 Å². The number of carbonyl (C=O) groups is 2. The van der Waals surface area contributed by atoms with Crippen LogP contribution in [0.1, 0.15) is 22.8 Å². The number of anilines is 1. The number of aromatic nitrogens is 2. The molecule has 0 saturated heterocycles. The van der Waals surface area contributed by atoms with Crippen molar-refractivity contribution >= 4 is 17.6 Å². The largest absolute Gasteiger partial charge is 0.486 e. The Morgan fingerprint density at radius 2 is 1.90 bits per heavy atom. The number of nitrogens with zero attached hydrogens (tertiary/aromatic N) is 2. The predicted molar refractivity (Wildman–Crippen MR) is 109 cm³/mol. The van der Waals surface area contributed by atoms with Crippen molar-refractivity contribution in [1.82, 2.24) is 9.78 Å². The molecule has 1 unspecified atom stereocenters. The molecule has 0 radical (unpaired) electrons. The molecule has 1 N–H and O–H groups in total. The zero-order valence-corrected chi connectivity index (χ0v) is 16.4. The molecule has 2 aromatic carbocycles. The Bertz CT molecular complexity index is 1030. The fourth-order valence-electron chi connectivity index (χ4n) is 2.97. The summed E-state index contributed by atoms with van der Waals surface area (Å²) in [7, 11) is 0. The van der Waals surface area contributed by atoms with Crippen molar-refractivity contribution in [1.29, 1.82) is 0 Å². The summed E-state index contributed by atoms with van der Waals surface area (Å²) < 4.78 is 18.1. The monoisotopic (exact) mass is 407 g/mol. The number of hydrogen-bond acceptors (Lipinski definition) is 6. The lowest BCUT2D eigenvalue weighted by molar-refractivity contribution is -0.123. The Hall–Kier alpha value is -3.81. The molecule has 0 aliphatic carbocycles. The molecule has 0 bridgehead atoms. The van der Waals surface area contributed by atoms with Crippen LogP contribution in [0.2, 0.25) is 0 Å². The molecule has 154 valence electrons. The number of esters is 1. The summed E-state index contributed by atoms with van der Waals surface area (Å²) in [5.74, 6) is 0.203. The molecule has 1 aromatic heterocycles. The average molecular weight is 407 g/mol. The number of fused-ring (bicyclic) bond motifs is 1. The van der Waals surface area contributed by atoms with E-state index in [0.29, 0.717) is 42.5 Å². The first kappa shape index (κ1) is 19.5. The second kappa shape index (κ2) is 8.69. The van der Waals surface area contributed by atoms with Crippen LogP contribution in [0.4, 0.5) is 5.69 Å². The van der Waals surface area contributed by atoms with Gasteiger partial charge in [0.15, 0.2) is 17.6 Å². The van der Waals surface area contributed by atoms with Crippen molar-refractivity contribution < 1.29 is 23.8 Å². The maximum absolute atomic E-state index is 12.4. The number of benzene rings is 2. The highest BCUT2D eigenvalue weighted by atomic mass is 16.6. The summed E-state index contributed by atoms with van der Waals surface area (Å²) in [5.41, 5.74) is 1.91. The second-order valence-electron chi connectivity index (χ2n) is 6.80. The lowest BCUT2D eigenvalue weighted by Gasteiger charge is -2.19. The van der Waals surface area contributed by atoms with E-state index in [9.17, 15) is 9.59 Å². The van der Waals surface area contributed by atoms with E-state index in [-0.39, 0.29) is 0 Å². The molecule has 0 spiro atoms. The smallest absolute Gasteiger partial charge is 0.338 e. The topological polar surface area (TPSA) is 91.7 Å². The summed E-state index contributed by atoms with van der Waals surface area (Å²) in [6.45, 7) is 3.09. The van der Waals surface area contributed by atoms with Crippen molar-refractivity contribution in [2.75, 3.05) is 18.5 Å². The zero-order valence-electron chi connectivity index (χ0n) is 16.4. The highest BCUT2D eigenvalue weighted by Gasteiger charge is 2.20. The third-order valence-corrected chi connectivity index (χ3v) is 4.56. The van der Waals surface area contributed by atoms with E-state index in [1.807, 2.05) is 24.4 Å². The fourth-order valence-corrected chi connectivity index (χ4v) is 2.97. The molecule has 0 saturated carbocycles. The molecule has 8 nitrogen and oxygen atoms in total. The van der Waals surface area contributed by atoms with E-state index in [1.165, 1.54) is 6.92 Å². The molecular weight excluding hydrogens is 386 g/mol. The second-order valence-corrected chi connectivity index (χ2v) is 6.80. The maximum atomic E-state index is 12.4. The molecule has 1 aliphatic rings. The summed E-state index contributed by atoms with van der Waals surface area (Å²) in [4.78, 5) is 24.8. The van der Waals surface area contributed by atoms with E-state index in [0.717, 1.165) is 5.56 Å². The Kier molecular flexibility index (Phi) is 5.65. The van der Waals surface area contributed by atoms with Gasteiger partial charge in [-0.25, -0.2) is 4.79 Å². The quantitative estimate of drug-likeness (QED) is 0.632. The lowest BCUT2D eigenvalue weighted by atomic mass is 10.1. The third-order valence-electron chi connectivity index (χ3n) is 4.56. The van der Waals surface area contributed by atoms with Crippen LogP contribution in [-0.2, 0) is 16.1 Å². The summed E-state index contributed by atoms with van der Waals surface area (Å²) in [5, 5.41) is 6.87. The van der Waals surface area contributed by atoms with Gasteiger partial charge >= 0.3 is 5.97 Å². The average Bonchev–Trinajstić information content (AvgIpc) is 3.27. The molecule has 4 rings (SSSR count). The van der Waals surface area contributed by atoms with Gasteiger partial charge in [0, 0.05) is 24.1 Å². The van der Waals surface area contributed by atoms with E-state index in [2.05, 4.69) is 10.4 Å². The van der Waals surface area contributed by atoms with Crippen molar-refractivity contribution in [2.45, 2.75) is 19.6 Å². The number of nitrogens with one attached hydrogen (secondary N) is 1.